The summed E-state index contributed by atoms with van der Waals surface area (Å²) in [5.41, 5.74) is -3.15. The number of fused-ring (bicyclic) bond motifs is 1. The summed E-state index contributed by atoms with van der Waals surface area (Å²) >= 11 is 0. The number of benzene rings is 2. The van der Waals surface area contributed by atoms with Gasteiger partial charge in [-0.15, -0.1) is 0 Å². The predicted molar refractivity (Wildman–Crippen MR) is 96.7 cm³/mol. The first-order valence-corrected chi connectivity index (χ1v) is 8.45. The summed E-state index contributed by atoms with van der Waals surface area (Å²) in [5.74, 6) is -1.27. The van der Waals surface area contributed by atoms with Crippen molar-refractivity contribution >= 4 is 22.5 Å². The number of hydrogen-bond donors (Lipinski definition) is 1. The highest BCUT2D eigenvalue weighted by atomic mass is 19.4. The molecule has 0 aliphatic heterocycles. The monoisotopic (exact) mass is 405 g/mol. The molecule has 1 N–H and O–H groups in total. The average molecular weight is 405 g/mol. The van der Waals surface area contributed by atoms with Crippen LogP contribution in [0.5, 0.6) is 0 Å². The Labute approximate surface area is 163 Å². The molecule has 3 aromatic rings. The molecular formula is C20H15F4N3O2. The van der Waals surface area contributed by atoms with E-state index in [4.69, 9.17) is 6.57 Å². The Bertz CT molecular complexity index is 1130. The molecule has 0 aliphatic carbocycles. The Morgan fingerprint density at radius 2 is 2.00 bits per heavy atom. The van der Waals surface area contributed by atoms with Crippen molar-refractivity contribution in [2.45, 2.75) is 31.7 Å². The van der Waals surface area contributed by atoms with Crippen LogP contribution in [0.3, 0.4) is 0 Å². The molecule has 2 aromatic carbocycles. The quantitative estimate of drug-likeness (QED) is 0.508. The Morgan fingerprint density at radius 1 is 1.28 bits per heavy atom. The molecule has 1 heterocycles. The van der Waals surface area contributed by atoms with Crippen LogP contribution in [0.1, 0.15) is 18.1 Å². The van der Waals surface area contributed by atoms with Gasteiger partial charge in [-0.3, -0.25) is 4.79 Å². The van der Waals surface area contributed by atoms with Crippen molar-refractivity contribution in [2.24, 2.45) is 0 Å². The van der Waals surface area contributed by atoms with E-state index < -0.39 is 41.0 Å². The van der Waals surface area contributed by atoms with Gasteiger partial charge < -0.3 is 9.67 Å². The molecule has 9 heteroatoms. The number of ketones is 1. The minimum Gasteiger partial charge on any atom is -0.380 e. The van der Waals surface area contributed by atoms with Crippen molar-refractivity contribution in [3.8, 4) is 0 Å². The van der Waals surface area contributed by atoms with Crippen LogP contribution >= 0.6 is 0 Å². The Kier molecular flexibility index (Phi) is 5.15. The van der Waals surface area contributed by atoms with Crippen molar-refractivity contribution in [3.63, 3.8) is 0 Å². The van der Waals surface area contributed by atoms with Gasteiger partial charge in [-0.25, -0.2) is 14.2 Å². The number of carbonyl (C=O) groups is 1. The number of carbonyl (C=O) groups excluding carboxylic acids is 1. The number of alkyl halides is 3. The lowest BCUT2D eigenvalue weighted by atomic mass is 9.94. The van der Waals surface area contributed by atoms with Crippen molar-refractivity contribution < 1.29 is 27.5 Å². The van der Waals surface area contributed by atoms with Gasteiger partial charge in [0.2, 0.25) is 0 Å². The molecule has 0 saturated heterocycles. The number of aromatic nitrogens is 2. The van der Waals surface area contributed by atoms with Crippen LogP contribution in [0.15, 0.2) is 42.7 Å². The van der Waals surface area contributed by atoms with Gasteiger partial charge in [0.05, 0.1) is 30.5 Å². The van der Waals surface area contributed by atoms with E-state index in [9.17, 15) is 27.5 Å². The second-order valence-electron chi connectivity index (χ2n) is 6.81. The summed E-state index contributed by atoms with van der Waals surface area (Å²) in [7, 11) is 0. The zero-order chi connectivity index (χ0) is 21.4. The van der Waals surface area contributed by atoms with E-state index in [1.54, 1.807) is 6.07 Å². The number of Topliss-reactive ketones (excluding diaryl/α,β-unsaturated/α-hetero) is 1. The van der Waals surface area contributed by atoms with Crippen LogP contribution in [0.2, 0.25) is 0 Å². The number of aliphatic hydroxyl groups is 1. The smallest absolute Gasteiger partial charge is 0.380 e. The SMILES string of the molecule is [C-]#[N+]c1ccc(CC(=O)[C@@](C)(O)Cn2cnc3c(F)cccc32)cc1C(F)(F)F. The van der Waals surface area contributed by atoms with Gasteiger partial charge in [0, 0.05) is 6.42 Å². The Morgan fingerprint density at radius 3 is 2.66 bits per heavy atom. The van der Waals surface area contributed by atoms with Gasteiger partial charge in [-0.1, -0.05) is 24.3 Å². The lowest BCUT2D eigenvalue weighted by Gasteiger charge is -2.23. The highest BCUT2D eigenvalue weighted by molar-refractivity contribution is 5.89. The Balaban J connectivity index is 1.84. The fourth-order valence-corrected chi connectivity index (χ4v) is 2.99. The third kappa shape index (κ3) is 4.12. The number of imidazole rings is 1. The second kappa shape index (κ2) is 7.29. The molecule has 0 saturated carbocycles. The van der Waals surface area contributed by atoms with E-state index in [2.05, 4.69) is 9.83 Å². The third-order valence-electron chi connectivity index (χ3n) is 4.53. The topological polar surface area (TPSA) is 59.5 Å². The second-order valence-corrected chi connectivity index (χ2v) is 6.81. The molecule has 0 fully saturated rings. The Hall–Kier alpha value is -3.25. The summed E-state index contributed by atoms with van der Waals surface area (Å²) < 4.78 is 54.5. The number of rotatable bonds is 5. The van der Waals surface area contributed by atoms with E-state index in [1.807, 2.05) is 0 Å². The maximum atomic E-state index is 13.8. The molecule has 0 unspecified atom stereocenters. The molecule has 1 aromatic heterocycles. The van der Waals surface area contributed by atoms with Crippen LogP contribution in [0.25, 0.3) is 15.9 Å². The number of nitrogens with zero attached hydrogens (tertiary/aromatic N) is 3. The van der Waals surface area contributed by atoms with Gasteiger partial charge in [-0.2, -0.15) is 13.2 Å². The first kappa shape index (κ1) is 20.5. The lowest BCUT2D eigenvalue weighted by Crippen LogP contribution is -2.40. The summed E-state index contributed by atoms with van der Waals surface area (Å²) in [6.45, 7) is 7.83. The molecule has 0 spiro atoms. The fraction of sp³-hybridized carbons (Fsp3) is 0.250. The van der Waals surface area contributed by atoms with Crippen LogP contribution in [-0.2, 0) is 23.9 Å². The lowest BCUT2D eigenvalue weighted by molar-refractivity contribution is -0.138. The molecule has 5 nitrogen and oxygen atoms in total. The normalized spacial score (nSPS) is 13.8. The van der Waals surface area contributed by atoms with Gasteiger partial charge in [0.1, 0.15) is 11.1 Å². The third-order valence-corrected chi connectivity index (χ3v) is 4.53. The van der Waals surface area contributed by atoms with Crippen molar-refractivity contribution in [2.75, 3.05) is 0 Å². The molecule has 0 aliphatic rings. The number of para-hydroxylation sites is 1. The maximum Gasteiger partial charge on any atom is 0.407 e. The predicted octanol–water partition coefficient (Wildman–Crippen LogP) is 4.31. The van der Waals surface area contributed by atoms with E-state index >= 15 is 0 Å². The minimum absolute atomic E-state index is 0.0246. The van der Waals surface area contributed by atoms with Crippen molar-refractivity contribution in [1.82, 2.24) is 9.55 Å². The van der Waals surface area contributed by atoms with E-state index in [0.717, 1.165) is 12.1 Å². The zero-order valence-corrected chi connectivity index (χ0v) is 15.2. The van der Waals surface area contributed by atoms with Gasteiger partial charge in [0.25, 0.3) is 0 Å². The first-order valence-electron chi connectivity index (χ1n) is 8.45. The van der Waals surface area contributed by atoms with Crippen LogP contribution in [-0.4, -0.2) is 26.0 Å². The van der Waals surface area contributed by atoms with Gasteiger partial charge in [-0.05, 0) is 24.6 Å². The first-order chi connectivity index (χ1) is 13.5. The maximum absolute atomic E-state index is 13.8. The van der Waals surface area contributed by atoms with E-state index in [1.165, 1.54) is 36.0 Å². The molecule has 0 amide bonds. The standard InChI is InChI=1S/C20H15F4N3O2/c1-19(29,10-27-11-26-18-14(21)4-3-5-16(18)27)17(28)9-12-6-7-15(25-2)13(8-12)20(22,23)24/h3-8,11,29H,9-10H2,1H3/t19-/m0/s1. The minimum atomic E-state index is -4.73. The van der Waals surface area contributed by atoms with Crippen molar-refractivity contribution in [3.05, 3.63) is 71.1 Å². The average Bonchev–Trinajstić information content (AvgIpc) is 3.04. The molecule has 0 bridgehead atoms. The molecule has 29 heavy (non-hydrogen) atoms. The summed E-state index contributed by atoms with van der Waals surface area (Å²) in [4.78, 5) is 19.3. The van der Waals surface area contributed by atoms with E-state index in [0.29, 0.717) is 5.52 Å². The largest absolute Gasteiger partial charge is 0.407 e. The van der Waals surface area contributed by atoms with Gasteiger partial charge >= 0.3 is 6.18 Å². The van der Waals surface area contributed by atoms with Crippen LogP contribution in [0, 0.1) is 12.4 Å². The highest BCUT2D eigenvalue weighted by Gasteiger charge is 2.35. The molecular weight excluding hydrogens is 390 g/mol. The number of hydrogen-bond acceptors (Lipinski definition) is 3. The molecule has 3 rings (SSSR count). The summed E-state index contributed by atoms with van der Waals surface area (Å²) in [5, 5.41) is 10.6. The van der Waals surface area contributed by atoms with Gasteiger partial charge in [0.15, 0.2) is 17.3 Å². The molecule has 150 valence electrons. The number of halogens is 4. The molecule has 1 atom stereocenters. The molecule has 0 radical (unpaired) electrons. The van der Waals surface area contributed by atoms with Crippen molar-refractivity contribution in [1.29, 1.82) is 0 Å². The van der Waals surface area contributed by atoms with E-state index in [-0.39, 0.29) is 17.6 Å². The van der Waals surface area contributed by atoms with Crippen LogP contribution in [0.4, 0.5) is 23.2 Å². The summed E-state index contributed by atoms with van der Waals surface area (Å²) in [6, 6.07) is 7.25. The highest BCUT2D eigenvalue weighted by Crippen LogP contribution is 2.37. The summed E-state index contributed by atoms with van der Waals surface area (Å²) in [6.07, 6.45) is -3.92. The fourth-order valence-electron chi connectivity index (χ4n) is 2.99. The van der Waals surface area contributed by atoms with Crippen LogP contribution < -0.4 is 0 Å². The zero-order valence-electron chi connectivity index (χ0n) is 15.2.